The second kappa shape index (κ2) is 7.73. The molecule has 0 atom stereocenters. The smallest absolute Gasteiger partial charge is 0.249 e. The molecule has 0 radical (unpaired) electrons. The summed E-state index contributed by atoms with van der Waals surface area (Å²) >= 11 is 6.02. The first-order chi connectivity index (χ1) is 10.1. The predicted molar refractivity (Wildman–Crippen MR) is 77.7 cm³/mol. The topological polar surface area (TPSA) is 38.8 Å². The molecule has 0 bridgehead atoms. The monoisotopic (exact) mass is 315 g/mol. The zero-order valence-electron chi connectivity index (χ0n) is 12.0. The lowest BCUT2D eigenvalue weighted by molar-refractivity contribution is -0.137. The van der Waals surface area contributed by atoms with Crippen molar-refractivity contribution in [2.75, 3.05) is 26.9 Å². The molecule has 1 aromatic rings. The first kappa shape index (κ1) is 16.2. The van der Waals surface area contributed by atoms with Gasteiger partial charge >= 0.3 is 0 Å². The molecule has 0 heterocycles. The maximum atomic E-state index is 13.8. The Labute approximate surface area is 128 Å². The molecule has 0 spiro atoms. The molecular formula is C15H19ClFNO3. The highest BCUT2D eigenvalue weighted by Crippen LogP contribution is 2.30. The van der Waals surface area contributed by atoms with Crippen molar-refractivity contribution in [3.8, 4) is 0 Å². The van der Waals surface area contributed by atoms with Crippen LogP contribution in [-0.4, -0.2) is 43.8 Å². The normalized spacial score (nSPS) is 14.2. The van der Waals surface area contributed by atoms with Crippen LogP contribution in [0.1, 0.15) is 18.4 Å². The maximum Gasteiger partial charge on any atom is 0.249 e. The van der Waals surface area contributed by atoms with E-state index in [4.69, 9.17) is 21.1 Å². The molecule has 1 aromatic carbocycles. The minimum Gasteiger partial charge on any atom is -0.382 e. The van der Waals surface area contributed by atoms with E-state index in [9.17, 15) is 9.18 Å². The summed E-state index contributed by atoms with van der Waals surface area (Å²) in [6, 6.07) is 4.70. The summed E-state index contributed by atoms with van der Waals surface area (Å²) in [7, 11) is 1.57. The van der Waals surface area contributed by atoms with Crippen molar-refractivity contribution in [1.29, 1.82) is 0 Å². The van der Waals surface area contributed by atoms with Crippen LogP contribution in [0.3, 0.4) is 0 Å². The minimum atomic E-state index is -0.388. The summed E-state index contributed by atoms with van der Waals surface area (Å²) in [4.78, 5) is 13.9. The fourth-order valence-corrected chi connectivity index (χ4v) is 2.27. The van der Waals surface area contributed by atoms with Crippen LogP contribution in [-0.2, 0) is 20.8 Å². The molecule has 1 amide bonds. The van der Waals surface area contributed by atoms with Gasteiger partial charge in [-0.3, -0.25) is 4.79 Å². The van der Waals surface area contributed by atoms with Gasteiger partial charge in [0.2, 0.25) is 5.91 Å². The predicted octanol–water partition coefficient (Wildman–Crippen LogP) is 2.63. The third-order valence-corrected chi connectivity index (χ3v) is 3.71. The molecule has 4 nitrogen and oxygen atoms in total. The molecule has 0 aliphatic heterocycles. The average Bonchev–Trinajstić information content (AvgIpc) is 3.27. The number of hydrogen-bond acceptors (Lipinski definition) is 3. The van der Waals surface area contributed by atoms with Crippen LogP contribution in [0, 0.1) is 5.82 Å². The number of nitrogens with zero attached hydrogens (tertiary/aromatic N) is 1. The summed E-state index contributed by atoms with van der Waals surface area (Å²) in [5, 5.41) is 0.341. The van der Waals surface area contributed by atoms with Crippen molar-refractivity contribution in [2.24, 2.45) is 0 Å². The van der Waals surface area contributed by atoms with E-state index in [-0.39, 0.29) is 30.9 Å². The first-order valence-corrected chi connectivity index (χ1v) is 7.30. The molecule has 2 rings (SSSR count). The van der Waals surface area contributed by atoms with E-state index in [0.29, 0.717) is 23.8 Å². The Morgan fingerprint density at radius 3 is 2.81 bits per heavy atom. The number of halogens is 2. The zero-order valence-corrected chi connectivity index (χ0v) is 12.7. The van der Waals surface area contributed by atoms with Crippen molar-refractivity contribution in [3.05, 3.63) is 34.6 Å². The van der Waals surface area contributed by atoms with Gasteiger partial charge in [-0.2, -0.15) is 0 Å². The van der Waals surface area contributed by atoms with E-state index in [1.54, 1.807) is 24.1 Å². The average molecular weight is 316 g/mol. The van der Waals surface area contributed by atoms with E-state index in [0.717, 1.165) is 12.8 Å². The van der Waals surface area contributed by atoms with Crippen molar-refractivity contribution >= 4 is 17.5 Å². The standard InChI is InChI=1S/C15H19ClFNO3/c1-20-7-8-21-10-15(19)18(11-5-6-11)9-12-13(16)3-2-4-14(12)17/h2-4,11H,5-10H2,1H3. The molecule has 1 saturated carbocycles. The van der Waals surface area contributed by atoms with E-state index >= 15 is 0 Å². The summed E-state index contributed by atoms with van der Waals surface area (Å²) in [5.74, 6) is -0.533. The Morgan fingerprint density at radius 2 is 2.19 bits per heavy atom. The van der Waals surface area contributed by atoms with E-state index in [1.807, 2.05) is 0 Å². The summed E-state index contributed by atoms with van der Waals surface area (Å²) in [6.45, 7) is 0.964. The number of carbonyl (C=O) groups excluding carboxylic acids is 1. The van der Waals surface area contributed by atoms with Crippen molar-refractivity contribution in [3.63, 3.8) is 0 Å². The minimum absolute atomic E-state index is 0.0219. The second-order valence-corrected chi connectivity index (χ2v) is 5.41. The fraction of sp³-hybridized carbons (Fsp3) is 0.533. The highest BCUT2D eigenvalue weighted by atomic mass is 35.5. The van der Waals surface area contributed by atoms with Crippen molar-refractivity contribution in [1.82, 2.24) is 4.90 Å². The highest BCUT2D eigenvalue weighted by molar-refractivity contribution is 6.31. The van der Waals surface area contributed by atoms with Crippen LogP contribution in [0.2, 0.25) is 5.02 Å². The number of carbonyl (C=O) groups is 1. The Kier molecular flexibility index (Phi) is 5.96. The second-order valence-electron chi connectivity index (χ2n) is 5.00. The van der Waals surface area contributed by atoms with Gasteiger partial charge < -0.3 is 14.4 Å². The molecule has 0 saturated heterocycles. The molecule has 0 unspecified atom stereocenters. The number of benzene rings is 1. The van der Waals surface area contributed by atoms with E-state index in [2.05, 4.69) is 0 Å². The van der Waals surface area contributed by atoms with Crippen LogP contribution in [0.15, 0.2) is 18.2 Å². The number of methoxy groups -OCH3 is 1. The van der Waals surface area contributed by atoms with Gasteiger partial charge in [0, 0.05) is 23.7 Å². The maximum absolute atomic E-state index is 13.8. The van der Waals surface area contributed by atoms with Gasteiger partial charge in [-0.05, 0) is 25.0 Å². The third kappa shape index (κ3) is 4.66. The van der Waals surface area contributed by atoms with E-state index in [1.165, 1.54) is 6.07 Å². The molecule has 1 fully saturated rings. The quantitative estimate of drug-likeness (QED) is 0.692. The van der Waals surface area contributed by atoms with Gasteiger partial charge in [0.1, 0.15) is 12.4 Å². The summed E-state index contributed by atoms with van der Waals surface area (Å²) < 4.78 is 23.9. The molecule has 1 aliphatic rings. The van der Waals surface area contributed by atoms with E-state index < -0.39 is 0 Å². The number of amides is 1. The summed E-state index contributed by atoms with van der Waals surface area (Å²) in [6.07, 6.45) is 1.88. The Bertz CT molecular complexity index is 474. The van der Waals surface area contributed by atoms with Gasteiger partial charge in [-0.15, -0.1) is 0 Å². The number of rotatable bonds is 8. The SMILES string of the molecule is COCCOCC(=O)N(Cc1c(F)cccc1Cl)C1CC1. The molecule has 1 aliphatic carbocycles. The molecule has 0 N–H and O–H groups in total. The lowest BCUT2D eigenvalue weighted by Gasteiger charge is -2.23. The van der Waals surface area contributed by atoms with Crippen LogP contribution < -0.4 is 0 Å². The number of hydrogen-bond donors (Lipinski definition) is 0. The lowest BCUT2D eigenvalue weighted by Crippen LogP contribution is -2.36. The van der Waals surface area contributed by atoms with Crippen LogP contribution >= 0.6 is 11.6 Å². The lowest BCUT2D eigenvalue weighted by atomic mass is 10.2. The zero-order chi connectivity index (χ0) is 15.2. The Balaban J connectivity index is 1.97. The fourth-order valence-electron chi connectivity index (χ4n) is 2.05. The summed E-state index contributed by atoms with van der Waals surface area (Å²) in [5.41, 5.74) is 0.358. The van der Waals surface area contributed by atoms with Crippen LogP contribution in [0.5, 0.6) is 0 Å². The highest BCUT2D eigenvalue weighted by Gasteiger charge is 2.33. The first-order valence-electron chi connectivity index (χ1n) is 6.92. The van der Waals surface area contributed by atoms with Crippen molar-refractivity contribution < 1.29 is 18.7 Å². The molecular weight excluding hydrogens is 297 g/mol. The third-order valence-electron chi connectivity index (χ3n) is 3.36. The molecule has 116 valence electrons. The van der Waals surface area contributed by atoms with Crippen LogP contribution in [0.25, 0.3) is 0 Å². The van der Waals surface area contributed by atoms with Gasteiger partial charge in [0.15, 0.2) is 0 Å². The Hall–Kier alpha value is -1.17. The molecule has 21 heavy (non-hydrogen) atoms. The van der Waals surface area contributed by atoms with Gasteiger partial charge in [0.05, 0.1) is 19.8 Å². The van der Waals surface area contributed by atoms with Gasteiger partial charge in [0.25, 0.3) is 0 Å². The largest absolute Gasteiger partial charge is 0.382 e. The van der Waals surface area contributed by atoms with Crippen LogP contribution in [0.4, 0.5) is 4.39 Å². The van der Waals surface area contributed by atoms with Gasteiger partial charge in [-0.1, -0.05) is 17.7 Å². The van der Waals surface area contributed by atoms with Crippen molar-refractivity contribution in [2.45, 2.75) is 25.4 Å². The molecule has 0 aromatic heterocycles. The van der Waals surface area contributed by atoms with Gasteiger partial charge in [-0.25, -0.2) is 4.39 Å². The Morgan fingerprint density at radius 1 is 1.43 bits per heavy atom. The molecule has 6 heteroatoms. The number of ether oxygens (including phenoxy) is 2.